The molecule has 0 aliphatic heterocycles. The summed E-state index contributed by atoms with van der Waals surface area (Å²) in [6, 6.07) is 30.7. The Morgan fingerprint density at radius 2 is 1.15 bits per heavy atom. The van der Waals surface area contributed by atoms with E-state index in [-0.39, 0.29) is 0 Å². The molecule has 0 aromatic heterocycles. The molecule has 0 aliphatic rings. The van der Waals surface area contributed by atoms with Crippen LogP contribution in [0.5, 0.6) is 0 Å². The molecular formula is C22H22BrO3P. The topological polar surface area (TPSA) is 35.5 Å². The molecule has 0 radical (unpaired) electrons. The molecular weight excluding hydrogens is 423 g/mol. The number of carbonyl (C=O) groups is 1. The summed E-state index contributed by atoms with van der Waals surface area (Å²) in [6.45, 7) is 0.698. The first-order chi connectivity index (χ1) is 13.3. The number of benzene rings is 3. The third-order valence-electron chi connectivity index (χ3n) is 4.70. The quantitative estimate of drug-likeness (QED) is 0.287. The van der Waals surface area contributed by atoms with Gasteiger partial charge in [0, 0.05) is 0 Å². The average molecular weight is 445 g/mol. The number of halogens is 1. The van der Waals surface area contributed by atoms with Crippen molar-refractivity contribution >= 4 is 45.7 Å². The SMILES string of the molecule is O=CC(OCCOBr)[PH](c1ccccc1)(c1ccccc1)c1ccccc1. The summed E-state index contributed by atoms with van der Waals surface area (Å²) in [4.78, 5) is 12.3. The van der Waals surface area contributed by atoms with Crippen molar-refractivity contribution in [2.24, 2.45) is 0 Å². The number of aldehydes is 1. The zero-order chi connectivity index (χ0) is 19.0. The van der Waals surface area contributed by atoms with Crippen molar-refractivity contribution in [3.63, 3.8) is 0 Å². The van der Waals surface area contributed by atoms with Crippen molar-refractivity contribution in [3.8, 4) is 0 Å². The minimum absolute atomic E-state index is 0.329. The van der Waals surface area contributed by atoms with E-state index in [9.17, 15) is 4.79 Å². The van der Waals surface area contributed by atoms with Gasteiger partial charge in [-0.25, -0.2) is 0 Å². The van der Waals surface area contributed by atoms with Crippen LogP contribution in [0, 0.1) is 0 Å². The van der Waals surface area contributed by atoms with Crippen LogP contribution in [0.25, 0.3) is 0 Å². The van der Waals surface area contributed by atoms with Gasteiger partial charge in [0.05, 0.1) is 0 Å². The summed E-state index contributed by atoms with van der Waals surface area (Å²) in [5.41, 5.74) is 0. The molecule has 0 amide bonds. The Morgan fingerprint density at radius 3 is 1.48 bits per heavy atom. The third kappa shape index (κ3) is 4.20. The summed E-state index contributed by atoms with van der Waals surface area (Å²) >= 11 is 2.95. The molecule has 0 spiro atoms. The zero-order valence-electron chi connectivity index (χ0n) is 14.8. The molecule has 3 aromatic rings. The molecule has 1 unspecified atom stereocenters. The molecule has 0 heterocycles. The molecule has 3 rings (SSSR count). The van der Waals surface area contributed by atoms with Gasteiger partial charge in [-0.2, -0.15) is 0 Å². The Morgan fingerprint density at radius 1 is 0.741 bits per heavy atom. The van der Waals surface area contributed by atoms with E-state index in [1.165, 1.54) is 0 Å². The second-order valence-electron chi connectivity index (χ2n) is 6.15. The van der Waals surface area contributed by atoms with Gasteiger partial charge in [-0.15, -0.1) is 0 Å². The van der Waals surface area contributed by atoms with Crippen molar-refractivity contribution < 1.29 is 13.4 Å². The Hall–Kier alpha value is -1.84. The number of rotatable bonds is 9. The number of hydrogen-bond donors (Lipinski definition) is 0. The first-order valence-corrected chi connectivity index (χ1v) is 11.5. The molecule has 27 heavy (non-hydrogen) atoms. The molecule has 3 aromatic carbocycles. The summed E-state index contributed by atoms with van der Waals surface area (Å²) in [5.74, 6) is -0.577. The van der Waals surface area contributed by atoms with Gasteiger partial charge < -0.3 is 0 Å². The Kier molecular flexibility index (Phi) is 7.31. The van der Waals surface area contributed by atoms with Crippen LogP contribution in [0.3, 0.4) is 0 Å². The molecule has 5 heteroatoms. The predicted octanol–water partition coefficient (Wildman–Crippen LogP) is 3.58. The minimum atomic E-state index is -2.76. The normalized spacial score (nSPS) is 13.1. The second kappa shape index (κ2) is 9.91. The molecule has 3 nitrogen and oxygen atoms in total. The van der Waals surface area contributed by atoms with Gasteiger partial charge in [0.2, 0.25) is 0 Å². The number of hydrogen-bond acceptors (Lipinski definition) is 3. The molecule has 0 bridgehead atoms. The fourth-order valence-corrected chi connectivity index (χ4v) is 8.41. The third-order valence-corrected chi connectivity index (χ3v) is 9.91. The Bertz CT molecular complexity index is 731. The van der Waals surface area contributed by atoms with Gasteiger partial charge in [0.1, 0.15) is 0 Å². The summed E-state index contributed by atoms with van der Waals surface area (Å²) < 4.78 is 11.1. The monoisotopic (exact) mass is 444 g/mol. The Balaban J connectivity index is 2.27. The molecule has 1 atom stereocenters. The van der Waals surface area contributed by atoms with Gasteiger partial charge in [0.15, 0.2) is 0 Å². The van der Waals surface area contributed by atoms with Crippen LogP contribution in [0.15, 0.2) is 91.0 Å². The van der Waals surface area contributed by atoms with Crippen LogP contribution in [0.4, 0.5) is 0 Å². The molecule has 140 valence electrons. The van der Waals surface area contributed by atoms with E-state index in [1.54, 1.807) is 0 Å². The number of carbonyl (C=O) groups excluding carboxylic acids is 1. The van der Waals surface area contributed by atoms with Crippen molar-refractivity contribution in [2.75, 3.05) is 13.2 Å². The van der Waals surface area contributed by atoms with Crippen LogP contribution >= 0.6 is 23.5 Å². The molecule has 0 fully saturated rings. The molecule has 0 N–H and O–H groups in total. The van der Waals surface area contributed by atoms with Crippen LogP contribution in [0.2, 0.25) is 0 Å². The average Bonchev–Trinajstić information content (AvgIpc) is 2.75. The first kappa shape index (κ1) is 19.9. The molecule has 0 saturated carbocycles. The van der Waals surface area contributed by atoms with Crippen molar-refractivity contribution in [1.29, 1.82) is 0 Å². The van der Waals surface area contributed by atoms with E-state index in [0.717, 1.165) is 22.2 Å². The van der Waals surface area contributed by atoms with Crippen molar-refractivity contribution in [3.05, 3.63) is 91.0 Å². The van der Waals surface area contributed by atoms with Crippen LogP contribution in [-0.4, -0.2) is 25.3 Å². The maximum atomic E-state index is 12.3. The zero-order valence-corrected chi connectivity index (χ0v) is 17.4. The van der Waals surface area contributed by atoms with E-state index < -0.39 is 13.1 Å². The van der Waals surface area contributed by atoms with E-state index in [2.05, 4.69) is 52.7 Å². The van der Waals surface area contributed by atoms with Crippen LogP contribution in [0.1, 0.15) is 0 Å². The van der Waals surface area contributed by atoms with Gasteiger partial charge >= 0.3 is 169 Å². The standard InChI is InChI=1S/C22H22BrO3P/c23-26-17-16-25-22(18-24)27(19-10-4-1-5-11-19,20-12-6-2-7-13-20)21-14-8-3-9-15-21/h1-15,18,22,27H,16-17H2. The maximum absolute atomic E-state index is 12.3. The molecule has 0 aliphatic carbocycles. The number of ether oxygens (including phenoxy) is 1. The second-order valence-corrected chi connectivity index (χ2v) is 10.5. The van der Waals surface area contributed by atoms with Crippen molar-refractivity contribution in [1.82, 2.24) is 0 Å². The van der Waals surface area contributed by atoms with E-state index in [1.807, 2.05) is 54.6 Å². The van der Waals surface area contributed by atoms with Gasteiger partial charge in [-0.1, -0.05) is 0 Å². The summed E-state index contributed by atoms with van der Waals surface area (Å²) in [7, 11) is -2.76. The summed E-state index contributed by atoms with van der Waals surface area (Å²) in [6.07, 6.45) is 0.952. The van der Waals surface area contributed by atoms with Crippen LogP contribution < -0.4 is 15.9 Å². The molecule has 0 saturated heterocycles. The van der Waals surface area contributed by atoms with Gasteiger partial charge in [-0.05, 0) is 0 Å². The van der Waals surface area contributed by atoms with Crippen molar-refractivity contribution in [2.45, 2.75) is 5.85 Å². The van der Waals surface area contributed by atoms with Gasteiger partial charge in [0.25, 0.3) is 0 Å². The fourth-order valence-electron chi connectivity index (χ4n) is 3.57. The van der Waals surface area contributed by atoms with Gasteiger partial charge in [-0.3, -0.25) is 0 Å². The van der Waals surface area contributed by atoms with Crippen LogP contribution in [-0.2, 0) is 13.4 Å². The van der Waals surface area contributed by atoms with E-state index >= 15 is 0 Å². The first-order valence-electron chi connectivity index (χ1n) is 8.81. The fraction of sp³-hybridized carbons (Fsp3) is 0.136. The summed E-state index contributed by atoms with van der Waals surface area (Å²) in [5, 5.41) is 3.41. The van der Waals surface area contributed by atoms with E-state index in [0.29, 0.717) is 13.2 Å². The van der Waals surface area contributed by atoms with E-state index in [4.69, 9.17) is 8.57 Å². The predicted molar refractivity (Wildman–Crippen MR) is 117 cm³/mol. The Labute approximate surface area is 169 Å².